The molecule has 0 fully saturated rings. The molecule has 0 amide bonds. The molecule has 0 aromatic carbocycles. The lowest BCUT2D eigenvalue weighted by Gasteiger charge is -1.94. The summed E-state index contributed by atoms with van der Waals surface area (Å²) in [6.07, 6.45) is 6.99. The second-order valence-corrected chi connectivity index (χ2v) is 2.11. The summed E-state index contributed by atoms with van der Waals surface area (Å²) in [5.41, 5.74) is 0.932. The molecule has 0 radical (unpaired) electrons. The van der Waals surface area contributed by atoms with Gasteiger partial charge in [0.05, 0.1) is 0 Å². The van der Waals surface area contributed by atoms with E-state index < -0.39 is 0 Å². The molecule has 0 aliphatic carbocycles. The Bertz CT molecular complexity index is 185. The van der Waals surface area contributed by atoms with Gasteiger partial charge in [0.25, 0.3) is 0 Å². The first-order chi connectivity index (χ1) is 4.76. The number of hydrogen-bond acceptors (Lipinski definition) is 0. The Morgan fingerprint density at radius 2 is 2.00 bits per heavy atom. The predicted octanol–water partition coefficient (Wildman–Crippen LogP) is 3.43. The molecule has 0 bridgehead atoms. The summed E-state index contributed by atoms with van der Waals surface area (Å²) < 4.78 is 0. The van der Waals surface area contributed by atoms with E-state index in [2.05, 4.69) is 13.2 Å². The highest BCUT2D eigenvalue weighted by atomic mass is 35.5. The maximum Gasteiger partial charge on any atom is 0.0474 e. The average molecular weight is 155 g/mol. The Balaban J connectivity index is 4.45. The highest BCUT2D eigenvalue weighted by molar-refractivity contribution is 6.32. The van der Waals surface area contributed by atoms with Gasteiger partial charge in [0.15, 0.2) is 0 Å². The molecule has 0 saturated heterocycles. The van der Waals surface area contributed by atoms with E-state index in [9.17, 15) is 0 Å². The smallest absolute Gasteiger partial charge is 0.0474 e. The van der Waals surface area contributed by atoms with Crippen molar-refractivity contribution in [3.8, 4) is 0 Å². The van der Waals surface area contributed by atoms with Crippen molar-refractivity contribution in [3.05, 3.63) is 48.1 Å². The zero-order chi connectivity index (χ0) is 7.98. The third-order valence-electron chi connectivity index (χ3n) is 1.07. The van der Waals surface area contributed by atoms with Crippen LogP contribution in [0.5, 0.6) is 0 Å². The SMILES string of the molecule is C=C/C=C(Cl)\C(C=C)=C/C. The molecule has 0 rings (SSSR count). The Labute approximate surface area is 67.2 Å². The van der Waals surface area contributed by atoms with Gasteiger partial charge in [0.2, 0.25) is 0 Å². The van der Waals surface area contributed by atoms with Gasteiger partial charge in [-0.3, -0.25) is 0 Å². The van der Waals surface area contributed by atoms with Crippen molar-refractivity contribution in [2.45, 2.75) is 6.92 Å². The first-order valence-corrected chi connectivity index (χ1v) is 3.41. The lowest BCUT2D eigenvalue weighted by molar-refractivity contribution is 1.58. The van der Waals surface area contributed by atoms with Crippen molar-refractivity contribution in [3.63, 3.8) is 0 Å². The summed E-state index contributed by atoms with van der Waals surface area (Å²) in [5, 5.41) is 0.674. The number of allylic oxidation sites excluding steroid dienone is 6. The van der Waals surface area contributed by atoms with Crippen LogP contribution in [0.25, 0.3) is 0 Å². The van der Waals surface area contributed by atoms with Gasteiger partial charge < -0.3 is 0 Å². The summed E-state index contributed by atoms with van der Waals surface area (Å²) >= 11 is 5.80. The first kappa shape index (κ1) is 9.25. The van der Waals surface area contributed by atoms with Crippen LogP contribution >= 0.6 is 11.6 Å². The maximum absolute atomic E-state index is 5.80. The lowest BCUT2D eigenvalue weighted by atomic mass is 10.2. The van der Waals surface area contributed by atoms with Crippen LogP contribution in [0, 0.1) is 0 Å². The van der Waals surface area contributed by atoms with Crippen molar-refractivity contribution in [1.82, 2.24) is 0 Å². The summed E-state index contributed by atoms with van der Waals surface area (Å²) in [7, 11) is 0. The molecule has 0 aromatic heterocycles. The Hall–Kier alpha value is -0.750. The summed E-state index contributed by atoms with van der Waals surface area (Å²) in [6.45, 7) is 9.05. The van der Waals surface area contributed by atoms with E-state index in [0.29, 0.717) is 5.03 Å². The second kappa shape index (κ2) is 5.07. The van der Waals surface area contributed by atoms with Crippen LogP contribution in [-0.4, -0.2) is 0 Å². The lowest BCUT2D eigenvalue weighted by Crippen LogP contribution is -1.74. The van der Waals surface area contributed by atoms with E-state index in [-0.39, 0.29) is 0 Å². The van der Waals surface area contributed by atoms with E-state index in [4.69, 9.17) is 11.6 Å². The molecule has 0 aromatic rings. The summed E-state index contributed by atoms with van der Waals surface area (Å²) in [4.78, 5) is 0. The Morgan fingerprint density at radius 3 is 2.30 bits per heavy atom. The Kier molecular flexibility index (Phi) is 4.69. The van der Waals surface area contributed by atoms with Gasteiger partial charge in [-0.15, -0.1) is 0 Å². The Morgan fingerprint density at radius 1 is 1.40 bits per heavy atom. The van der Waals surface area contributed by atoms with Gasteiger partial charge in [-0.2, -0.15) is 0 Å². The fraction of sp³-hybridized carbons (Fsp3) is 0.111. The molecular formula is C9H11Cl. The zero-order valence-electron chi connectivity index (χ0n) is 6.10. The summed E-state index contributed by atoms with van der Waals surface area (Å²) in [6, 6.07) is 0. The van der Waals surface area contributed by atoms with Crippen molar-refractivity contribution in [1.29, 1.82) is 0 Å². The first-order valence-electron chi connectivity index (χ1n) is 3.03. The molecule has 0 aliphatic rings. The molecule has 0 unspecified atom stereocenters. The minimum atomic E-state index is 0.674. The molecule has 54 valence electrons. The van der Waals surface area contributed by atoms with E-state index in [1.54, 1.807) is 18.2 Å². The third kappa shape index (κ3) is 2.70. The number of rotatable bonds is 3. The van der Waals surface area contributed by atoms with Gasteiger partial charge >= 0.3 is 0 Å². The van der Waals surface area contributed by atoms with Crippen LogP contribution in [0.1, 0.15) is 6.92 Å². The van der Waals surface area contributed by atoms with Crippen molar-refractivity contribution in [2.24, 2.45) is 0 Å². The van der Waals surface area contributed by atoms with E-state index >= 15 is 0 Å². The number of halogens is 1. The molecule has 10 heavy (non-hydrogen) atoms. The van der Waals surface area contributed by atoms with Gasteiger partial charge in [0, 0.05) is 5.03 Å². The van der Waals surface area contributed by atoms with Gasteiger partial charge in [-0.25, -0.2) is 0 Å². The normalized spacial score (nSPS) is 13.0. The fourth-order valence-electron chi connectivity index (χ4n) is 0.553. The maximum atomic E-state index is 5.80. The standard InChI is InChI=1S/C9H11Cl/c1-4-7-9(10)8(5-2)6-3/h4-7H,1-2H2,3H3/b8-6-,9-7+. The molecule has 0 N–H and O–H groups in total. The molecule has 0 atom stereocenters. The third-order valence-corrected chi connectivity index (χ3v) is 1.42. The average Bonchev–Trinajstić information content (AvgIpc) is 1.91. The van der Waals surface area contributed by atoms with Gasteiger partial charge in [-0.05, 0) is 18.6 Å². The van der Waals surface area contributed by atoms with Crippen LogP contribution in [-0.2, 0) is 0 Å². The highest BCUT2D eigenvalue weighted by Crippen LogP contribution is 2.14. The second-order valence-electron chi connectivity index (χ2n) is 1.70. The van der Waals surface area contributed by atoms with E-state index in [1.165, 1.54) is 0 Å². The van der Waals surface area contributed by atoms with Crippen LogP contribution < -0.4 is 0 Å². The molecule has 0 aliphatic heterocycles. The highest BCUT2D eigenvalue weighted by Gasteiger charge is 1.91. The molecular weight excluding hydrogens is 144 g/mol. The van der Waals surface area contributed by atoms with Crippen LogP contribution in [0.4, 0.5) is 0 Å². The minimum absolute atomic E-state index is 0.674. The molecule has 0 saturated carbocycles. The fourth-order valence-corrected chi connectivity index (χ4v) is 0.828. The van der Waals surface area contributed by atoms with Crippen LogP contribution in [0.3, 0.4) is 0 Å². The van der Waals surface area contributed by atoms with Crippen LogP contribution in [0.15, 0.2) is 48.1 Å². The molecule has 1 heteroatoms. The molecule has 0 heterocycles. The van der Waals surface area contributed by atoms with E-state index in [1.807, 2.05) is 13.0 Å². The van der Waals surface area contributed by atoms with Gasteiger partial charge in [-0.1, -0.05) is 43.0 Å². The summed E-state index contributed by atoms with van der Waals surface area (Å²) in [5.74, 6) is 0. The zero-order valence-corrected chi connectivity index (χ0v) is 6.86. The van der Waals surface area contributed by atoms with Crippen LogP contribution in [0.2, 0.25) is 0 Å². The van der Waals surface area contributed by atoms with Crippen molar-refractivity contribution in [2.75, 3.05) is 0 Å². The molecule has 0 spiro atoms. The largest absolute Gasteiger partial charge is 0.0990 e. The topological polar surface area (TPSA) is 0 Å². The van der Waals surface area contributed by atoms with Crippen molar-refractivity contribution < 1.29 is 0 Å². The van der Waals surface area contributed by atoms with Crippen molar-refractivity contribution >= 4 is 11.6 Å². The monoisotopic (exact) mass is 154 g/mol. The number of hydrogen-bond donors (Lipinski definition) is 0. The van der Waals surface area contributed by atoms with Gasteiger partial charge in [0.1, 0.15) is 0 Å². The predicted molar refractivity (Wildman–Crippen MR) is 48.1 cm³/mol. The minimum Gasteiger partial charge on any atom is -0.0990 e. The quantitative estimate of drug-likeness (QED) is 0.547. The van der Waals surface area contributed by atoms with E-state index in [0.717, 1.165) is 5.57 Å². The molecule has 0 nitrogen and oxygen atoms in total.